The van der Waals surface area contributed by atoms with E-state index in [9.17, 15) is 9.18 Å². The van der Waals surface area contributed by atoms with Crippen molar-refractivity contribution in [3.05, 3.63) is 54.1 Å². The van der Waals surface area contributed by atoms with Gasteiger partial charge in [-0.25, -0.2) is 4.39 Å². The highest BCUT2D eigenvalue weighted by atomic mass is 19.1. The minimum absolute atomic E-state index is 0.119. The van der Waals surface area contributed by atoms with Gasteiger partial charge >= 0.3 is 0 Å². The number of nitrogens with one attached hydrogen (secondary N) is 1. The van der Waals surface area contributed by atoms with E-state index in [4.69, 9.17) is 5.73 Å². The summed E-state index contributed by atoms with van der Waals surface area (Å²) in [5.41, 5.74) is 6.23. The predicted octanol–water partition coefficient (Wildman–Crippen LogP) is 2.06. The molecule has 0 bridgehead atoms. The van der Waals surface area contributed by atoms with Crippen molar-refractivity contribution >= 4 is 17.3 Å². The number of hydrogen-bond donors (Lipinski definition) is 2. The van der Waals surface area contributed by atoms with Gasteiger partial charge in [0.15, 0.2) is 0 Å². The molecule has 0 aliphatic rings. The topological polar surface area (TPSA) is 68.0 Å². The van der Waals surface area contributed by atoms with E-state index in [2.05, 4.69) is 10.3 Å². The lowest BCUT2D eigenvalue weighted by Gasteiger charge is -2.07. The summed E-state index contributed by atoms with van der Waals surface area (Å²) in [4.78, 5) is 15.6. The first-order chi connectivity index (χ1) is 8.18. The van der Waals surface area contributed by atoms with Gasteiger partial charge in [-0.3, -0.25) is 9.78 Å². The van der Waals surface area contributed by atoms with Crippen LogP contribution in [-0.4, -0.2) is 10.9 Å². The van der Waals surface area contributed by atoms with Crippen LogP contribution in [0.5, 0.6) is 0 Å². The Bertz CT molecular complexity index is 557. The van der Waals surface area contributed by atoms with Crippen LogP contribution in [0.4, 0.5) is 15.8 Å². The van der Waals surface area contributed by atoms with Crippen molar-refractivity contribution in [3.8, 4) is 0 Å². The molecule has 0 spiro atoms. The summed E-state index contributed by atoms with van der Waals surface area (Å²) in [6, 6.07) is 7.40. The standard InChI is InChI=1S/C12H10FN3O/c13-9-3-1-2-4-11(9)16-12(17)8-5-6-15-7-10(8)14/h1-7H,14H2,(H,16,17). The molecule has 2 aromatic rings. The summed E-state index contributed by atoms with van der Waals surface area (Å²) in [5, 5.41) is 2.45. The molecule has 1 heterocycles. The molecule has 4 nitrogen and oxygen atoms in total. The second kappa shape index (κ2) is 4.61. The average Bonchev–Trinajstić information content (AvgIpc) is 2.32. The van der Waals surface area contributed by atoms with Crippen LogP contribution in [-0.2, 0) is 0 Å². The van der Waals surface area contributed by atoms with Crippen LogP contribution in [0.25, 0.3) is 0 Å². The second-order valence-electron chi connectivity index (χ2n) is 3.40. The van der Waals surface area contributed by atoms with E-state index in [1.54, 1.807) is 12.1 Å². The molecule has 2 rings (SSSR count). The number of carbonyl (C=O) groups excluding carboxylic acids is 1. The van der Waals surface area contributed by atoms with Crippen molar-refractivity contribution in [2.45, 2.75) is 0 Å². The summed E-state index contributed by atoms with van der Waals surface area (Å²) >= 11 is 0. The average molecular weight is 231 g/mol. The van der Waals surface area contributed by atoms with Gasteiger partial charge in [-0.1, -0.05) is 12.1 Å². The SMILES string of the molecule is Nc1cnccc1C(=O)Nc1ccccc1F. The zero-order valence-electron chi connectivity index (χ0n) is 8.85. The number of rotatable bonds is 2. The third-order valence-corrected chi connectivity index (χ3v) is 2.22. The zero-order chi connectivity index (χ0) is 12.3. The third kappa shape index (κ3) is 2.39. The second-order valence-corrected chi connectivity index (χ2v) is 3.40. The van der Waals surface area contributed by atoms with Crippen molar-refractivity contribution in [2.75, 3.05) is 11.1 Å². The van der Waals surface area contributed by atoms with Gasteiger partial charge in [0.05, 0.1) is 23.1 Å². The Morgan fingerprint density at radius 3 is 2.76 bits per heavy atom. The van der Waals surface area contributed by atoms with Gasteiger partial charge in [0.2, 0.25) is 0 Å². The molecule has 3 N–H and O–H groups in total. The number of anilines is 2. The fourth-order valence-corrected chi connectivity index (χ4v) is 1.37. The highest BCUT2D eigenvalue weighted by Crippen LogP contribution is 2.16. The molecule has 0 radical (unpaired) electrons. The van der Waals surface area contributed by atoms with Gasteiger partial charge in [0.1, 0.15) is 5.82 Å². The van der Waals surface area contributed by atoms with Crippen molar-refractivity contribution in [1.29, 1.82) is 0 Å². The molecule has 5 heteroatoms. The summed E-state index contributed by atoms with van der Waals surface area (Å²) in [6.45, 7) is 0. The quantitative estimate of drug-likeness (QED) is 0.831. The van der Waals surface area contributed by atoms with E-state index < -0.39 is 11.7 Å². The third-order valence-electron chi connectivity index (χ3n) is 2.22. The van der Waals surface area contributed by atoms with Crippen LogP contribution in [0.2, 0.25) is 0 Å². The first kappa shape index (κ1) is 11.1. The number of halogens is 1. The van der Waals surface area contributed by atoms with E-state index in [-0.39, 0.29) is 16.9 Å². The highest BCUT2D eigenvalue weighted by Gasteiger charge is 2.11. The number of amides is 1. The van der Waals surface area contributed by atoms with Crippen molar-refractivity contribution < 1.29 is 9.18 Å². The molecule has 0 saturated carbocycles. The number of nitrogen functional groups attached to an aromatic ring is 1. The molecule has 0 saturated heterocycles. The minimum Gasteiger partial charge on any atom is -0.397 e. The number of benzene rings is 1. The molecule has 0 aliphatic carbocycles. The van der Waals surface area contributed by atoms with Crippen LogP contribution in [0.1, 0.15) is 10.4 Å². The molecule has 17 heavy (non-hydrogen) atoms. The summed E-state index contributed by atoms with van der Waals surface area (Å²) in [5.74, 6) is -0.955. The number of nitrogens with two attached hydrogens (primary N) is 1. The van der Waals surface area contributed by atoms with Gasteiger partial charge in [0.25, 0.3) is 5.91 Å². The molecule has 86 valence electrons. The Hall–Kier alpha value is -2.43. The number of aromatic nitrogens is 1. The molecule has 1 aromatic carbocycles. The maximum absolute atomic E-state index is 13.3. The van der Waals surface area contributed by atoms with E-state index >= 15 is 0 Å². The Morgan fingerprint density at radius 1 is 1.29 bits per heavy atom. The van der Waals surface area contributed by atoms with Gasteiger partial charge < -0.3 is 11.1 Å². The molecule has 0 fully saturated rings. The number of nitrogens with zero attached hydrogens (tertiary/aromatic N) is 1. The Morgan fingerprint density at radius 2 is 2.06 bits per heavy atom. The molecule has 0 aliphatic heterocycles. The van der Waals surface area contributed by atoms with Crippen LogP contribution in [0.15, 0.2) is 42.7 Å². The predicted molar refractivity (Wildman–Crippen MR) is 63.0 cm³/mol. The van der Waals surface area contributed by atoms with Gasteiger partial charge in [0, 0.05) is 6.20 Å². The normalized spacial score (nSPS) is 9.94. The number of para-hydroxylation sites is 1. The van der Waals surface area contributed by atoms with Gasteiger partial charge in [-0.15, -0.1) is 0 Å². The fraction of sp³-hybridized carbons (Fsp3) is 0. The van der Waals surface area contributed by atoms with Crippen molar-refractivity contribution in [2.24, 2.45) is 0 Å². The van der Waals surface area contributed by atoms with Crippen molar-refractivity contribution in [3.63, 3.8) is 0 Å². The summed E-state index contributed by atoms with van der Waals surface area (Å²) in [7, 11) is 0. The lowest BCUT2D eigenvalue weighted by Crippen LogP contribution is -2.15. The van der Waals surface area contributed by atoms with Gasteiger partial charge in [-0.2, -0.15) is 0 Å². The molecule has 1 amide bonds. The monoisotopic (exact) mass is 231 g/mol. The largest absolute Gasteiger partial charge is 0.397 e. The maximum Gasteiger partial charge on any atom is 0.257 e. The molecule has 0 unspecified atom stereocenters. The lowest BCUT2D eigenvalue weighted by atomic mass is 10.2. The zero-order valence-corrected chi connectivity index (χ0v) is 8.85. The van der Waals surface area contributed by atoms with Gasteiger partial charge in [-0.05, 0) is 18.2 Å². The van der Waals surface area contributed by atoms with Crippen molar-refractivity contribution in [1.82, 2.24) is 4.98 Å². The van der Waals surface area contributed by atoms with Crippen LogP contribution in [0, 0.1) is 5.82 Å². The minimum atomic E-state index is -0.492. The number of hydrogen-bond acceptors (Lipinski definition) is 3. The molecule has 1 aromatic heterocycles. The lowest BCUT2D eigenvalue weighted by molar-refractivity contribution is 0.102. The molecule has 0 atom stereocenters. The number of pyridine rings is 1. The highest BCUT2D eigenvalue weighted by molar-refractivity contribution is 6.07. The van der Waals surface area contributed by atoms with E-state index in [0.29, 0.717) is 0 Å². The molecular weight excluding hydrogens is 221 g/mol. The molecular formula is C12H10FN3O. The van der Waals surface area contributed by atoms with Crippen LogP contribution in [0.3, 0.4) is 0 Å². The summed E-state index contributed by atoms with van der Waals surface area (Å²) in [6.07, 6.45) is 2.82. The summed E-state index contributed by atoms with van der Waals surface area (Å²) < 4.78 is 13.3. The first-order valence-corrected chi connectivity index (χ1v) is 4.94. The van der Waals surface area contributed by atoms with E-state index in [0.717, 1.165) is 0 Å². The number of carbonyl (C=O) groups is 1. The Balaban J connectivity index is 2.24. The maximum atomic E-state index is 13.3. The smallest absolute Gasteiger partial charge is 0.257 e. The Kier molecular flexibility index (Phi) is 3.00. The van der Waals surface area contributed by atoms with Crippen LogP contribution >= 0.6 is 0 Å². The van der Waals surface area contributed by atoms with E-state index in [1.165, 1.54) is 30.6 Å². The van der Waals surface area contributed by atoms with E-state index in [1.807, 2.05) is 0 Å². The van der Waals surface area contributed by atoms with Crippen LogP contribution < -0.4 is 11.1 Å². The first-order valence-electron chi connectivity index (χ1n) is 4.94. The fourth-order valence-electron chi connectivity index (χ4n) is 1.37. The Labute approximate surface area is 97.3 Å².